The summed E-state index contributed by atoms with van der Waals surface area (Å²) < 4.78 is 0. The third-order valence-corrected chi connectivity index (χ3v) is 5.33. The third kappa shape index (κ3) is 18.3. The molecule has 0 unspecified atom stereocenters. The Morgan fingerprint density at radius 1 is 0.794 bits per heavy atom. The summed E-state index contributed by atoms with van der Waals surface area (Å²) in [4.78, 5) is 38.4. The average molecular weight is 480 g/mol. The van der Waals surface area contributed by atoms with Gasteiger partial charge in [-0.15, -0.1) is 0 Å². The molecule has 0 saturated heterocycles. The molecule has 0 radical (unpaired) electrons. The summed E-state index contributed by atoms with van der Waals surface area (Å²) in [5.41, 5.74) is 11.6. The van der Waals surface area contributed by atoms with Gasteiger partial charge >= 0.3 is 0 Å². The maximum absolute atomic E-state index is 12.8. The molecule has 0 fully saturated rings. The number of nitrogens with zero attached hydrogens (tertiary/aromatic N) is 1. The molecular weight excluding hydrogens is 430 g/mol. The predicted octanol–water partition coefficient (Wildman–Crippen LogP) is 2.78. The Hall–Kier alpha value is -2.19. The SMILES string of the molecule is CCC=CCCC(=O)NCCCCN(CCCNC(=O)CCC=CCC)C(=O)[C@@H](N)CCCN. The molecule has 0 rings (SSSR count). The summed E-state index contributed by atoms with van der Waals surface area (Å²) in [7, 11) is 0. The van der Waals surface area contributed by atoms with Crippen molar-refractivity contribution in [3.63, 3.8) is 0 Å². The number of carbonyl (C=O) groups is 3. The molecule has 196 valence electrons. The second-order valence-corrected chi connectivity index (χ2v) is 8.46. The van der Waals surface area contributed by atoms with E-state index >= 15 is 0 Å². The minimum absolute atomic E-state index is 0.0270. The number of rotatable bonds is 21. The number of carbonyl (C=O) groups excluding carboxylic acids is 3. The van der Waals surface area contributed by atoms with Crippen molar-refractivity contribution in [2.24, 2.45) is 11.5 Å². The lowest BCUT2D eigenvalue weighted by atomic mass is 10.1. The van der Waals surface area contributed by atoms with E-state index in [2.05, 4.69) is 36.6 Å². The quantitative estimate of drug-likeness (QED) is 0.149. The average Bonchev–Trinajstić information content (AvgIpc) is 2.83. The topological polar surface area (TPSA) is 131 Å². The van der Waals surface area contributed by atoms with Crippen LogP contribution in [0.25, 0.3) is 0 Å². The van der Waals surface area contributed by atoms with Gasteiger partial charge in [-0.2, -0.15) is 0 Å². The minimum Gasteiger partial charge on any atom is -0.356 e. The van der Waals surface area contributed by atoms with E-state index in [0.29, 0.717) is 64.8 Å². The van der Waals surface area contributed by atoms with E-state index < -0.39 is 6.04 Å². The maximum Gasteiger partial charge on any atom is 0.239 e. The van der Waals surface area contributed by atoms with Gasteiger partial charge in [0.15, 0.2) is 0 Å². The van der Waals surface area contributed by atoms with Gasteiger partial charge in [-0.1, -0.05) is 38.2 Å². The summed E-state index contributed by atoms with van der Waals surface area (Å²) in [6.07, 6.45) is 16.1. The van der Waals surface area contributed by atoms with Gasteiger partial charge in [0.1, 0.15) is 0 Å². The molecule has 34 heavy (non-hydrogen) atoms. The fourth-order valence-electron chi connectivity index (χ4n) is 3.36. The summed E-state index contributed by atoms with van der Waals surface area (Å²) in [6, 6.07) is -0.556. The van der Waals surface area contributed by atoms with Crippen LogP contribution in [-0.4, -0.2) is 61.4 Å². The molecule has 0 aromatic heterocycles. The summed E-state index contributed by atoms with van der Waals surface area (Å²) in [6.45, 7) is 6.89. The van der Waals surface area contributed by atoms with Gasteiger partial charge in [0.25, 0.3) is 0 Å². The number of allylic oxidation sites excluding steroid dienone is 4. The standard InChI is InChI=1S/C26H49N5O3/c1-3-5-7-9-16-24(32)29-19-11-12-21-31(26(34)23(28)15-13-18-27)22-14-20-30-25(33)17-10-8-6-4-2/h5-8,23H,3-4,9-22,27-28H2,1-2H3,(H,29,32)(H,30,33)/t23-/m0/s1. The number of unbranched alkanes of at least 4 members (excludes halogenated alkanes) is 1. The Kier molecular flexibility index (Phi) is 21.1. The molecule has 0 heterocycles. The molecule has 0 aliphatic carbocycles. The van der Waals surface area contributed by atoms with Crippen molar-refractivity contribution in [3.8, 4) is 0 Å². The van der Waals surface area contributed by atoms with E-state index in [-0.39, 0.29) is 17.7 Å². The number of nitrogens with one attached hydrogen (secondary N) is 2. The normalized spacial score (nSPS) is 12.2. The lowest BCUT2D eigenvalue weighted by Crippen LogP contribution is -2.45. The fourth-order valence-corrected chi connectivity index (χ4v) is 3.36. The lowest BCUT2D eigenvalue weighted by molar-refractivity contribution is -0.133. The van der Waals surface area contributed by atoms with Crippen LogP contribution in [0.3, 0.4) is 0 Å². The van der Waals surface area contributed by atoms with E-state index in [9.17, 15) is 14.4 Å². The van der Waals surface area contributed by atoms with E-state index in [1.54, 1.807) is 4.90 Å². The first-order chi connectivity index (χ1) is 16.5. The smallest absolute Gasteiger partial charge is 0.239 e. The molecule has 1 atom stereocenters. The van der Waals surface area contributed by atoms with Crippen molar-refractivity contribution in [1.82, 2.24) is 15.5 Å². The number of hydrogen-bond donors (Lipinski definition) is 4. The Morgan fingerprint density at radius 2 is 1.32 bits per heavy atom. The zero-order valence-electron chi connectivity index (χ0n) is 21.5. The highest BCUT2D eigenvalue weighted by atomic mass is 16.2. The van der Waals surface area contributed by atoms with Crippen molar-refractivity contribution in [3.05, 3.63) is 24.3 Å². The first-order valence-corrected chi connectivity index (χ1v) is 13.0. The molecule has 0 aliphatic heterocycles. The van der Waals surface area contributed by atoms with Crippen LogP contribution in [-0.2, 0) is 14.4 Å². The molecular formula is C26H49N5O3. The van der Waals surface area contributed by atoms with Crippen LogP contribution in [0.1, 0.15) is 84.5 Å². The Labute approximate surface area is 207 Å². The van der Waals surface area contributed by atoms with Crippen LogP contribution in [0.2, 0.25) is 0 Å². The Balaban J connectivity index is 4.37. The zero-order chi connectivity index (χ0) is 25.4. The second kappa shape index (κ2) is 22.6. The molecule has 0 aromatic carbocycles. The van der Waals surface area contributed by atoms with Crippen LogP contribution in [0.15, 0.2) is 24.3 Å². The zero-order valence-corrected chi connectivity index (χ0v) is 21.5. The Bertz CT molecular complexity index is 607. The van der Waals surface area contributed by atoms with E-state index in [0.717, 1.165) is 38.5 Å². The van der Waals surface area contributed by atoms with E-state index in [1.165, 1.54) is 0 Å². The van der Waals surface area contributed by atoms with Crippen LogP contribution < -0.4 is 22.1 Å². The predicted molar refractivity (Wildman–Crippen MR) is 140 cm³/mol. The van der Waals surface area contributed by atoms with Gasteiger partial charge < -0.3 is 27.0 Å². The molecule has 8 nitrogen and oxygen atoms in total. The maximum atomic E-state index is 12.8. The van der Waals surface area contributed by atoms with Crippen molar-refractivity contribution < 1.29 is 14.4 Å². The van der Waals surface area contributed by atoms with E-state index in [1.807, 2.05) is 12.2 Å². The minimum atomic E-state index is -0.556. The van der Waals surface area contributed by atoms with Gasteiger partial charge in [-0.05, 0) is 64.3 Å². The van der Waals surface area contributed by atoms with Crippen molar-refractivity contribution in [1.29, 1.82) is 0 Å². The van der Waals surface area contributed by atoms with Crippen LogP contribution in [0.4, 0.5) is 0 Å². The van der Waals surface area contributed by atoms with Crippen molar-refractivity contribution in [2.75, 3.05) is 32.7 Å². The van der Waals surface area contributed by atoms with Gasteiger partial charge in [-0.3, -0.25) is 14.4 Å². The molecule has 8 heteroatoms. The fraction of sp³-hybridized carbons (Fsp3) is 0.731. The van der Waals surface area contributed by atoms with Gasteiger partial charge in [-0.25, -0.2) is 0 Å². The second-order valence-electron chi connectivity index (χ2n) is 8.46. The first-order valence-electron chi connectivity index (χ1n) is 13.0. The third-order valence-electron chi connectivity index (χ3n) is 5.33. The van der Waals surface area contributed by atoms with Crippen LogP contribution in [0.5, 0.6) is 0 Å². The monoisotopic (exact) mass is 479 g/mol. The largest absolute Gasteiger partial charge is 0.356 e. The first kappa shape index (κ1) is 31.8. The van der Waals surface area contributed by atoms with Gasteiger partial charge in [0.2, 0.25) is 17.7 Å². The highest BCUT2D eigenvalue weighted by Crippen LogP contribution is 2.04. The Morgan fingerprint density at radius 3 is 1.85 bits per heavy atom. The van der Waals surface area contributed by atoms with E-state index in [4.69, 9.17) is 11.5 Å². The highest BCUT2D eigenvalue weighted by molar-refractivity contribution is 5.81. The summed E-state index contributed by atoms with van der Waals surface area (Å²) >= 11 is 0. The number of nitrogens with two attached hydrogens (primary N) is 2. The van der Waals surface area contributed by atoms with Crippen molar-refractivity contribution >= 4 is 17.7 Å². The van der Waals surface area contributed by atoms with Gasteiger partial charge in [0, 0.05) is 39.0 Å². The molecule has 0 aromatic rings. The molecule has 0 spiro atoms. The molecule has 0 aliphatic rings. The van der Waals surface area contributed by atoms with Crippen LogP contribution >= 0.6 is 0 Å². The summed E-state index contributed by atoms with van der Waals surface area (Å²) in [5, 5.41) is 5.86. The molecule has 0 bridgehead atoms. The molecule has 6 N–H and O–H groups in total. The number of hydrogen-bond acceptors (Lipinski definition) is 5. The lowest BCUT2D eigenvalue weighted by Gasteiger charge is -2.26. The molecule has 0 saturated carbocycles. The highest BCUT2D eigenvalue weighted by Gasteiger charge is 2.20. The summed E-state index contributed by atoms with van der Waals surface area (Å²) in [5.74, 6) is 0.00819. The van der Waals surface area contributed by atoms with Crippen LogP contribution in [0, 0.1) is 0 Å². The molecule has 3 amide bonds. The number of amides is 3. The van der Waals surface area contributed by atoms with Gasteiger partial charge in [0.05, 0.1) is 6.04 Å². The van der Waals surface area contributed by atoms with Crippen molar-refractivity contribution in [2.45, 2.75) is 90.5 Å².